The molecule has 1 atom stereocenters. The molecule has 6 nitrogen and oxygen atoms in total. The third-order valence-electron chi connectivity index (χ3n) is 5.70. The number of rotatable bonds is 6. The summed E-state index contributed by atoms with van der Waals surface area (Å²) in [4.78, 5) is 33.8. The highest BCUT2D eigenvalue weighted by Gasteiger charge is 2.37. The number of esters is 1. The van der Waals surface area contributed by atoms with Crippen molar-refractivity contribution in [1.82, 2.24) is 15.3 Å². The zero-order valence-corrected chi connectivity index (χ0v) is 21.7. The van der Waals surface area contributed by atoms with E-state index in [-0.39, 0.29) is 33.3 Å². The van der Waals surface area contributed by atoms with Gasteiger partial charge >= 0.3 is 12.1 Å². The number of fused-ring (bicyclic) bond motifs is 1. The van der Waals surface area contributed by atoms with Gasteiger partial charge in [-0.3, -0.25) is 14.8 Å². The van der Waals surface area contributed by atoms with E-state index in [0.717, 1.165) is 13.2 Å². The second-order valence-electron chi connectivity index (χ2n) is 8.04. The van der Waals surface area contributed by atoms with Crippen molar-refractivity contribution in [2.45, 2.75) is 18.6 Å². The van der Waals surface area contributed by atoms with Gasteiger partial charge in [-0.1, -0.05) is 59.1 Å². The maximum absolute atomic E-state index is 13.8. The Labute approximate surface area is 229 Å². The molecular formula is C26H17Cl3F3N3O3. The minimum atomic E-state index is -4.76. The summed E-state index contributed by atoms with van der Waals surface area (Å²) in [6, 6.07) is 10.5. The topological polar surface area (TPSA) is 81.2 Å². The van der Waals surface area contributed by atoms with Crippen LogP contribution in [0.25, 0.3) is 22.2 Å². The van der Waals surface area contributed by atoms with Crippen LogP contribution in [-0.2, 0) is 22.1 Å². The van der Waals surface area contributed by atoms with Crippen LogP contribution in [0.1, 0.15) is 21.5 Å². The van der Waals surface area contributed by atoms with Crippen LogP contribution in [0.3, 0.4) is 0 Å². The zero-order chi connectivity index (χ0) is 27.6. The molecule has 38 heavy (non-hydrogen) atoms. The Bertz CT molecular complexity index is 1530. The van der Waals surface area contributed by atoms with Crippen LogP contribution in [0.15, 0.2) is 60.9 Å². The fraction of sp³-hybridized carbons (Fsp3) is 0.154. The molecule has 2 aromatic carbocycles. The first kappa shape index (κ1) is 27.6. The van der Waals surface area contributed by atoms with E-state index in [1.54, 1.807) is 18.2 Å². The second-order valence-corrected chi connectivity index (χ2v) is 9.26. The largest absolute Gasteiger partial charge is 0.467 e. The summed E-state index contributed by atoms with van der Waals surface area (Å²) in [5, 5.41) is 2.60. The standard InChI is InChI=1S/C26H17Cl3F3N3O3/c1-38-25(37)19(35-24(36)20-16(27)5-2-6-17(20)28)12-13-7-8-15(14-4-3-10-33-22(13)14)23-21(26(30,31)32)18(29)9-11-34-23/h2-11,19H,12H2,1H3,(H,35,36)/t19-/m0/s1. The highest BCUT2D eigenvalue weighted by atomic mass is 35.5. The molecular weight excluding hydrogens is 566 g/mol. The van der Waals surface area contributed by atoms with Crippen LogP contribution in [0.2, 0.25) is 15.1 Å². The monoisotopic (exact) mass is 581 g/mol. The lowest BCUT2D eigenvalue weighted by molar-refractivity contribution is -0.142. The summed E-state index contributed by atoms with van der Waals surface area (Å²) in [5.74, 6) is -1.46. The van der Waals surface area contributed by atoms with Gasteiger partial charge in [-0.25, -0.2) is 4.79 Å². The van der Waals surface area contributed by atoms with Gasteiger partial charge in [-0.05, 0) is 29.8 Å². The normalized spacial score (nSPS) is 12.3. The first-order chi connectivity index (χ1) is 18.0. The molecule has 0 aliphatic heterocycles. The number of hydrogen-bond donors (Lipinski definition) is 1. The van der Waals surface area contributed by atoms with Crippen molar-refractivity contribution >= 4 is 57.6 Å². The number of hydrogen-bond acceptors (Lipinski definition) is 5. The van der Waals surface area contributed by atoms with E-state index in [1.165, 1.54) is 36.7 Å². The smallest absolute Gasteiger partial charge is 0.419 e. The Morgan fingerprint density at radius 1 is 0.947 bits per heavy atom. The molecule has 0 bridgehead atoms. The summed E-state index contributed by atoms with van der Waals surface area (Å²) in [5.41, 5.74) is -0.542. The van der Waals surface area contributed by atoms with Gasteiger partial charge in [0.15, 0.2) is 0 Å². The van der Waals surface area contributed by atoms with Crippen molar-refractivity contribution in [3.8, 4) is 11.3 Å². The molecule has 0 fully saturated rings. The fourth-order valence-electron chi connectivity index (χ4n) is 4.02. The van der Waals surface area contributed by atoms with Crippen LogP contribution in [-0.4, -0.2) is 35.0 Å². The molecule has 0 aliphatic rings. The van der Waals surface area contributed by atoms with E-state index in [9.17, 15) is 22.8 Å². The number of halogens is 6. The Balaban J connectivity index is 1.77. The molecule has 2 heterocycles. The van der Waals surface area contributed by atoms with Crippen molar-refractivity contribution in [2.75, 3.05) is 7.11 Å². The van der Waals surface area contributed by atoms with Crippen molar-refractivity contribution in [3.05, 3.63) is 92.7 Å². The number of nitrogens with zero attached hydrogens (tertiary/aromatic N) is 2. The van der Waals surface area contributed by atoms with Gasteiger partial charge in [0.1, 0.15) is 11.6 Å². The van der Waals surface area contributed by atoms with E-state index in [4.69, 9.17) is 39.5 Å². The van der Waals surface area contributed by atoms with Crippen molar-refractivity contribution in [1.29, 1.82) is 0 Å². The molecule has 0 aliphatic carbocycles. The van der Waals surface area contributed by atoms with Gasteiger partial charge in [0, 0.05) is 29.8 Å². The Morgan fingerprint density at radius 2 is 1.66 bits per heavy atom. The number of pyridine rings is 2. The third kappa shape index (κ3) is 5.55. The highest BCUT2D eigenvalue weighted by Crippen LogP contribution is 2.42. The molecule has 4 rings (SSSR count). The Hall–Kier alpha value is -3.40. The second kappa shape index (κ2) is 11.1. The van der Waals surface area contributed by atoms with Gasteiger partial charge in [-0.15, -0.1) is 0 Å². The molecule has 0 unspecified atom stereocenters. The summed E-state index contributed by atoms with van der Waals surface area (Å²) in [7, 11) is 1.16. The molecule has 0 saturated heterocycles. The van der Waals surface area contributed by atoms with Gasteiger partial charge in [0.2, 0.25) is 0 Å². The van der Waals surface area contributed by atoms with Crippen molar-refractivity contribution < 1.29 is 27.5 Å². The first-order valence-corrected chi connectivity index (χ1v) is 12.1. The fourth-order valence-corrected chi connectivity index (χ4v) is 4.84. The zero-order valence-electron chi connectivity index (χ0n) is 19.4. The minimum Gasteiger partial charge on any atom is -0.467 e. The number of ether oxygens (including phenoxy) is 1. The van der Waals surface area contributed by atoms with Crippen LogP contribution >= 0.6 is 34.8 Å². The van der Waals surface area contributed by atoms with E-state index in [1.807, 2.05) is 0 Å². The number of alkyl halides is 3. The first-order valence-electron chi connectivity index (χ1n) is 10.9. The lowest BCUT2D eigenvalue weighted by Gasteiger charge is -2.19. The predicted molar refractivity (Wildman–Crippen MR) is 138 cm³/mol. The SMILES string of the molecule is COC(=O)[C@H](Cc1ccc(-c2nccc(Cl)c2C(F)(F)F)c2cccnc12)NC(=O)c1c(Cl)cccc1Cl. The van der Waals surface area contributed by atoms with Gasteiger partial charge in [-0.2, -0.15) is 13.2 Å². The maximum Gasteiger partial charge on any atom is 0.419 e. The van der Waals surface area contributed by atoms with Gasteiger partial charge in [0.25, 0.3) is 5.91 Å². The number of nitrogens with one attached hydrogen (secondary N) is 1. The third-order valence-corrected chi connectivity index (χ3v) is 6.64. The average Bonchev–Trinajstić information content (AvgIpc) is 2.87. The molecule has 2 aromatic heterocycles. The van der Waals surface area contributed by atoms with E-state index in [0.29, 0.717) is 16.5 Å². The van der Waals surface area contributed by atoms with Gasteiger partial charge in [0.05, 0.1) is 39.0 Å². The molecule has 0 saturated carbocycles. The summed E-state index contributed by atoms with van der Waals surface area (Å²) < 4.78 is 46.4. The van der Waals surface area contributed by atoms with Crippen LogP contribution in [0.5, 0.6) is 0 Å². The molecule has 0 radical (unpaired) electrons. The van der Waals surface area contributed by atoms with Crippen molar-refractivity contribution in [2.24, 2.45) is 0 Å². The number of carbonyl (C=O) groups excluding carboxylic acids is 2. The van der Waals surface area contributed by atoms with Gasteiger partial charge < -0.3 is 10.1 Å². The quantitative estimate of drug-likeness (QED) is 0.253. The summed E-state index contributed by atoms with van der Waals surface area (Å²) in [6.07, 6.45) is -2.20. The molecule has 4 aromatic rings. The Morgan fingerprint density at radius 3 is 2.32 bits per heavy atom. The van der Waals surface area contributed by atoms with Crippen molar-refractivity contribution in [3.63, 3.8) is 0 Å². The highest BCUT2D eigenvalue weighted by molar-refractivity contribution is 6.39. The summed E-state index contributed by atoms with van der Waals surface area (Å²) in [6.45, 7) is 0. The van der Waals surface area contributed by atoms with E-state index in [2.05, 4.69) is 15.3 Å². The Kier molecular flexibility index (Phi) is 8.10. The van der Waals surface area contributed by atoms with E-state index < -0.39 is 34.7 Å². The van der Waals surface area contributed by atoms with Crippen LogP contribution in [0, 0.1) is 0 Å². The number of carbonyl (C=O) groups is 2. The lowest BCUT2D eigenvalue weighted by atomic mass is 9.95. The number of methoxy groups -OCH3 is 1. The molecule has 0 spiro atoms. The minimum absolute atomic E-state index is 0.0187. The lowest BCUT2D eigenvalue weighted by Crippen LogP contribution is -2.43. The predicted octanol–water partition coefficient (Wildman–Crippen LogP) is 6.79. The number of aromatic nitrogens is 2. The average molecular weight is 583 g/mol. The molecule has 1 N–H and O–H groups in total. The van der Waals surface area contributed by atoms with E-state index >= 15 is 0 Å². The van der Waals surface area contributed by atoms with Crippen LogP contribution < -0.4 is 5.32 Å². The molecule has 1 amide bonds. The van der Waals surface area contributed by atoms with Crippen LogP contribution in [0.4, 0.5) is 13.2 Å². The molecule has 196 valence electrons. The number of amides is 1. The molecule has 12 heteroatoms. The summed E-state index contributed by atoms with van der Waals surface area (Å²) >= 11 is 18.1. The number of benzene rings is 2. The maximum atomic E-state index is 13.8.